The summed E-state index contributed by atoms with van der Waals surface area (Å²) >= 11 is 3.46. The van der Waals surface area contributed by atoms with Gasteiger partial charge in [-0.3, -0.25) is 0 Å². The lowest BCUT2D eigenvalue weighted by molar-refractivity contribution is 0.418. The van der Waals surface area contributed by atoms with Crippen molar-refractivity contribution in [3.05, 3.63) is 22.8 Å². The highest BCUT2D eigenvalue weighted by Crippen LogP contribution is 2.29. The first-order chi connectivity index (χ1) is 9.26. The normalized spacial score (nSPS) is 15.9. The number of aromatic nitrogens is 2. The highest BCUT2D eigenvalue weighted by atomic mass is 79.9. The van der Waals surface area contributed by atoms with E-state index in [2.05, 4.69) is 31.2 Å². The molecule has 3 rings (SSSR count). The molecule has 0 aliphatic heterocycles. The summed E-state index contributed by atoms with van der Waals surface area (Å²) in [6.45, 7) is 0. The van der Waals surface area contributed by atoms with E-state index in [1.165, 1.54) is 25.7 Å². The van der Waals surface area contributed by atoms with E-state index in [1.54, 1.807) is 7.11 Å². The molecule has 1 N–H and O–H groups in total. The van der Waals surface area contributed by atoms with E-state index in [-0.39, 0.29) is 0 Å². The van der Waals surface area contributed by atoms with Gasteiger partial charge in [0, 0.05) is 22.1 Å². The number of halogens is 1. The van der Waals surface area contributed by atoms with Gasteiger partial charge in [0.15, 0.2) is 0 Å². The molecule has 0 saturated heterocycles. The second-order valence-corrected chi connectivity index (χ2v) is 5.78. The Bertz CT molecular complexity index is 597. The third-order valence-electron chi connectivity index (χ3n) is 3.52. The Balaban J connectivity index is 1.96. The minimum atomic E-state index is 0.513. The van der Waals surface area contributed by atoms with Crippen molar-refractivity contribution >= 4 is 32.8 Å². The second kappa shape index (κ2) is 5.33. The highest BCUT2D eigenvalue weighted by molar-refractivity contribution is 9.10. The van der Waals surface area contributed by atoms with Gasteiger partial charge in [-0.2, -0.15) is 0 Å². The van der Waals surface area contributed by atoms with Gasteiger partial charge in [-0.15, -0.1) is 0 Å². The number of methoxy groups -OCH3 is 1. The summed E-state index contributed by atoms with van der Waals surface area (Å²) in [5.74, 6) is 1.46. The van der Waals surface area contributed by atoms with Gasteiger partial charge in [0.2, 0.25) is 5.95 Å². The van der Waals surface area contributed by atoms with Crippen LogP contribution in [0.2, 0.25) is 0 Å². The summed E-state index contributed by atoms with van der Waals surface area (Å²) in [4.78, 5) is 8.97. The van der Waals surface area contributed by atoms with E-state index in [1.807, 2.05) is 18.3 Å². The topological polar surface area (TPSA) is 47.0 Å². The van der Waals surface area contributed by atoms with Gasteiger partial charge >= 0.3 is 0 Å². The number of hydrogen-bond donors (Lipinski definition) is 1. The smallest absolute Gasteiger partial charge is 0.223 e. The Labute approximate surface area is 120 Å². The molecule has 19 heavy (non-hydrogen) atoms. The molecule has 0 radical (unpaired) electrons. The summed E-state index contributed by atoms with van der Waals surface area (Å²) < 4.78 is 6.35. The van der Waals surface area contributed by atoms with Gasteiger partial charge in [-0.05, 0) is 25.0 Å². The quantitative estimate of drug-likeness (QED) is 0.935. The minimum absolute atomic E-state index is 0.513. The van der Waals surface area contributed by atoms with Crippen molar-refractivity contribution in [2.75, 3.05) is 12.4 Å². The number of fused-ring (bicyclic) bond motifs is 1. The van der Waals surface area contributed by atoms with Gasteiger partial charge in [-0.1, -0.05) is 28.8 Å². The summed E-state index contributed by atoms with van der Waals surface area (Å²) in [5.41, 5.74) is 0.848. The van der Waals surface area contributed by atoms with Crippen LogP contribution >= 0.6 is 15.9 Å². The van der Waals surface area contributed by atoms with Gasteiger partial charge in [0.05, 0.1) is 7.11 Å². The van der Waals surface area contributed by atoms with E-state index in [9.17, 15) is 0 Å². The fraction of sp³-hybridized carbons (Fsp3) is 0.429. The molecule has 0 unspecified atom stereocenters. The maximum atomic E-state index is 5.39. The van der Waals surface area contributed by atoms with Crippen LogP contribution in [-0.2, 0) is 0 Å². The molecule has 1 aromatic heterocycles. The molecule has 5 heteroatoms. The first-order valence-corrected chi connectivity index (χ1v) is 7.32. The van der Waals surface area contributed by atoms with Crippen molar-refractivity contribution in [3.8, 4) is 5.75 Å². The molecular weight excluding hydrogens is 306 g/mol. The number of nitrogens with one attached hydrogen (secondary N) is 1. The Kier molecular flexibility index (Phi) is 3.55. The number of nitrogens with zero attached hydrogens (tertiary/aromatic N) is 2. The van der Waals surface area contributed by atoms with Gasteiger partial charge in [-0.25, -0.2) is 9.97 Å². The van der Waals surface area contributed by atoms with E-state index in [0.29, 0.717) is 12.0 Å². The van der Waals surface area contributed by atoms with E-state index in [0.717, 1.165) is 21.1 Å². The zero-order chi connectivity index (χ0) is 13.2. The summed E-state index contributed by atoms with van der Waals surface area (Å²) in [7, 11) is 1.66. The Hall–Kier alpha value is -1.36. The van der Waals surface area contributed by atoms with Crippen molar-refractivity contribution in [3.63, 3.8) is 0 Å². The molecule has 0 spiro atoms. The summed E-state index contributed by atoms with van der Waals surface area (Å²) in [6.07, 6.45) is 6.84. The maximum absolute atomic E-state index is 5.39. The largest absolute Gasteiger partial charge is 0.494 e. The third-order valence-corrected chi connectivity index (χ3v) is 3.98. The molecule has 2 aromatic rings. The molecule has 1 saturated carbocycles. The van der Waals surface area contributed by atoms with Gasteiger partial charge in [0.1, 0.15) is 11.3 Å². The average Bonchev–Trinajstić information content (AvgIpc) is 2.91. The Morgan fingerprint density at radius 2 is 2.11 bits per heavy atom. The van der Waals surface area contributed by atoms with Crippen LogP contribution in [0.25, 0.3) is 10.9 Å². The number of hydrogen-bond acceptors (Lipinski definition) is 4. The molecule has 100 valence electrons. The van der Waals surface area contributed by atoms with E-state index >= 15 is 0 Å². The van der Waals surface area contributed by atoms with E-state index in [4.69, 9.17) is 4.74 Å². The third kappa shape index (κ3) is 2.66. The fourth-order valence-electron chi connectivity index (χ4n) is 2.56. The first kappa shape index (κ1) is 12.7. The Morgan fingerprint density at radius 1 is 1.32 bits per heavy atom. The molecule has 1 aliphatic carbocycles. The van der Waals surface area contributed by atoms with Crippen LogP contribution in [0.4, 0.5) is 5.95 Å². The Morgan fingerprint density at radius 3 is 2.84 bits per heavy atom. The van der Waals surface area contributed by atoms with Crippen molar-refractivity contribution < 1.29 is 4.74 Å². The molecule has 0 atom stereocenters. The molecule has 0 amide bonds. The van der Waals surface area contributed by atoms with Crippen molar-refractivity contribution in [2.24, 2.45) is 0 Å². The van der Waals surface area contributed by atoms with Crippen LogP contribution in [0.15, 0.2) is 22.8 Å². The number of benzene rings is 1. The zero-order valence-corrected chi connectivity index (χ0v) is 12.4. The predicted molar refractivity (Wildman–Crippen MR) is 79.7 cm³/mol. The van der Waals surface area contributed by atoms with Gasteiger partial charge < -0.3 is 10.1 Å². The molecule has 1 aliphatic rings. The van der Waals surface area contributed by atoms with Crippen LogP contribution in [0.1, 0.15) is 25.7 Å². The SMILES string of the molecule is COc1cc(Br)cc2cnc(NC3CCCC3)nc12. The molecular formula is C14H16BrN3O. The maximum Gasteiger partial charge on any atom is 0.223 e. The molecule has 4 nitrogen and oxygen atoms in total. The summed E-state index contributed by atoms with van der Waals surface area (Å²) in [5, 5.41) is 4.38. The van der Waals surface area contributed by atoms with Crippen molar-refractivity contribution in [1.29, 1.82) is 0 Å². The first-order valence-electron chi connectivity index (χ1n) is 6.53. The zero-order valence-electron chi connectivity index (χ0n) is 10.8. The number of ether oxygens (including phenoxy) is 1. The molecule has 1 heterocycles. The predicted octanol–water partition coefficient (Wildman–Crippen LogP) is 3.76. The highest BCUT2D eigenvalue weighted by Gasteiger charge is 2.16. The number of rotatable bonds is 3. The monoisotopic (exact) mass is 321 g/mol. The van der Waals surface area contributed by atoms with Crippen molar-refractivity contribution in [2.45, 2.75) is 31.7 Å². The average molecular weight is 322 g/mol. The lowest BCUT2D eigenvalue weighted by Crippen LogP contribution is -2.16. The van der Waals surface area contributed by atoms with Gasteiger partial charge in [0.25, 0.3) is 0 Å². The lowest BCUT2D eigenvalue weighted by atomic mass is 10.2. The van der Waals surface area contributed by atoms with Crippen LogP contribution < -0.4 is 10.1 Å². The van der Waals surface area contributed by atoms with Crippen LogP contribution in [0, 0.1) is 0 Å². The standard InChI is InChI=1S/C14H16BrN3O/c1-19-12-7-10(15)6-9-8-16-14(18-13(9)12)17-11-4-2-3-5-11/h6-8,11H,2-5H2,1H3,(H,16,17,18). The van der Waals surface area contributed by atoms with Crippen LogP contribution in [0.3, 0.4) is 0 Å². The molecule has 0 bridgehead atoms. The van der Waals surface area contributed by atoms with E-state index < -0.39 is 0 Å². The van der Waals surface area contributed by atoms with Crippen LogP contribution in [0.5, 0.6) is 5.75 Å². The number of anilines is 1. The molecule has 1 fully saturated rings. The summed E-state index contributed by atoms with van der Waals surface area (Å²) in [6, 6.07) is 4.44. The molecule has 1 aromatic carbocycles. The van der Waals surface area contributed by atoms with Crippen LogP contribution in [-0.4, -0.2) is 23.1 Å². The lowest BCUT2D eigenvalue weighted by Gasteiger charge is -2.13. The minimum Gasteiger partial charge on any atom is -0.494 e. The second-order valence-electron chi connectivity index (χ2n) is 4.87. The van der Waals surface area contributed by atoms with Crippen molar-refractivity contribution in [1.82, 2.24) is 9.97 Å². The fourth-order valence-corrected chi connectivity index (χ4v) is 3.01.